The van der Waals surface area contributed by atoms with E-state index in [1.54, 1.807) is 12.1 Å². The molecule has 4 nitrogen and oxygen atoms in total. The van der Waals surface area contributed by atoms with Crippen LogP contribution in [0.4, 0.5) is 0 Å². The second-order valence-corrected chi connectivity index (χ2v) is 8.52. The fourth-order valence-electron chi connectivity index (χ4n) is 5.65. The standard InChI is InChI=1S/C24H25N3O/c1-16-5-7-18(8-6-16)21-15-27(22-19-9-11-26(12-10-19)23(21)22)24(28)20-4-2-3-17(13-20)14-25/h2-8,13,19,21-23H,9-12,15H2,1H3/t21-,22-,23-/m0/s1. The van der Waals surface area contributed by atoms with E-state index < -0.39 is 0 Å². The number of carbonyl (C=O) groups is 1. The van der Waals surface area contributed by atoms with Gasteiger partial charge >= 0.3 is 0 Å². The number of nitrogens with zero attached hydrogens (tertiary/aromatic N) is 3. The molecule has 0 aromatic heterocycles. The van der Waals surface area contributed by atoms with Crippen LogP contribution < -0.4 is 0 Å². The maximum absolute atomic E-state index is 13.5. The van der Waals surface area contributed by atoms with E-state index in [-0.39, 0.29) is 11.9 Å². The molecule has 0 radical (unpaired) electrons. The zero-order valence-electron chi connectivity index (χ0n) is 16.2. The fraction of sp³-hybridized carbons (Fsp3) is 0.417. The summed E-state index contributed by atoms with van der Waals surface area (Å²) >= 11 is 0. The first-order chi connectivity index (χ1) is 13.7. The van der Waals surface area contributed by atoms with Crippen molar-refractivity contribution >= 4 is 5.91 Å². The molecule has 2 aromatic rings. The second-order valence-electron chi connectivity index (χ2n) is 8.52. The summed E-state index contributed by atoms with van der Waals surface area (Å²) in [5, 5.41) is 9.21. The van der Waals surface area contributed by atoms with Gasteiger partial charge in [0, 0.05) is 24.1 Å². The number of benzene rings is 2. The van der Waals surface area contributed by atoms with Crippen molar-refractivity contribution in [1.29, 1.82) is 5.26 Å². The van der Waals surface area contributed by atoms with Crippen molar-refractivity contribution in [3.63, 3.8) is 0 Å². The monoisotopic (exact) mass is 371 g/mol. The van der Waals surface area contributed by atoms with Gasteiger partial charge in [-0.3, -0.25) is 9.69 Å². The van der Waals surface area contributed by atoms with Gasteiger partial charge in [0.15, 0.2) is 0 Å². The predicted octanol–water partition coefficient (Wildman–Crippen LogP) is 3.57. The van der Waals surface area contributed by atoms with E-state index in [1.165, 1.54) is 24.0 Å². The number of hydrogen-bond donors (Lipinski definition) is 0. The Morgan fingerprint density at radius 3 is 2.54 bits per heavy atom. The highest BCUT2D eigenvalue weighted by molar-refractivity contribution is 5.95. The van der Waals surface area contributed by atoms with Gasteiger partial charge in [0.1, 0.15) is 0 Å². The van der Waals surface area contributed by atoms with Gasteiger partial charge in [-0.2, -0.15) is 5.26 Å². The largest absolute Gasteiger partial charge is 0.333 e. The van der Waals surface area contributed by atoms with Crippen LogP contribution in [0.3, 0.4) is 0 Å². The summed E-state index contributed by atoms with van der Waals surface area (Å²) in [6, 6.07) is 18.9. The molecule has 0 saturated carbocycles. The van der Waals surface area contributed by atoms with Gasteiger partial charge in [-0.1, -0.05) is 35.9 Å². The lowest BCUT2D eigenvalue weighted by Gasteiger charge is -2.51. The Hall–Kier alpha value is -2.64. The zero-order valence-corrected chi connectivity index (χ0v) is 16.2. The Kier molecular flexibility index (Phi) is 4.21. The summed E-state index contributed by atoms with van der Waals surface area (Å²) in [6.07, 6.45) is 2.37. The summed E-state index contributed by atoms with van der Waals surface area (Å²) in [6.45, 7) is 5.19. The van der Waals surface area contributed by atoms with Gasteiger partial charge in [-0.05, 0) is 62.5 Å². The van der Waals surface area contributed by atoms with Crippen LogP contribution in [0, 0.1) is 24.2 Å². The molecule has 142 valence electrons. The third kappa shape index (κ3) is 2.73. The average molecular weight is 371 g/mol. The van der Waals surface area contributed by atoms with Gasteiger partial charge in [0.25, 0.3) is 5.91 Å². The number of hydrogen-bond acceptors (Lipinski definition) is 3. The van der Waals surface area contributed by atoms with Crippen LogP contribution in [0.5, 0.6) is 0 Å². The molecular formula is C24H25N3O. The SMILES string of the molecule is Cc1ccc([C@@H]2CN(C(=O)c3cccc(C#N)c3)[C@H]3C4CCN(CC4)[C@@H]23)cc1. The molecule has 4 saturated heterocycles. The topological polar surface area (TPSA) is 47.3 Å². The van der Waals surface area contributed by atoms with Crippen LogP contribution in [0.25, 0.3) is 0 Å². The lowest BCUT2D eigenvalue weighted by atomic mass is 9.75. The molecule has 1 amide bonds. The zero-order chi connectivity index (χ0) is 19.3. The first-order valence-corrected chi connectivity index (χ1v) is 10.3. The number of carbonyl (C=O) groups excluding carboxylic acids is 1. The maximum atomic E-state index is 13.5. The molecule has 0 aliphatic carbocycles. The molecule has 0 N–H and O–H groups in total. The number of rotatable bonds is 2. The van der Waals surface area contributed by atoms with Gasteiger partial charge in [0.05, 0.1) is 17.7 Å². The number of aryl methyl sites for hydroxylation is 1. The highest BCUT2D eigenvalue weighted by Crippen LogP contribution is 2.47. The molecule has 0 spiro atoms. The summed E-state index contributed by atoms with van der Waals surface area (Å²) in [5.74, 6) is 1.03. The minimum absolute atomic E-state index is 0.0791. The fourth-order valence-corrected chi connectivity index (χ4v) is 5.65. The Balaban J connectivity index is 1.52. The van der Waals surface area contributed by atoms with Crippen molar-refractivity contribution in [2.45, 2.75) is 37.8 Å². The van der Waals surface area contributed by atoms with Crippen LogP contribution in [0.1, 0.15) is 45.8 Å². The number of nitriles is 1. The maximum Gasteiger partial charge on any atom is 0.254 e. The van der Waals surface area contributed by atoms with Gasteiger partial charge in [0.2, 0.25) is 0 Å². The van der Waals surface area contributed by atoms with E-state index in [4.69, 9.17) is 0 Å². The van der Waals surface area contributed by atoms with Crippen LogP contribution in [0.15, 0.2) is 48.5 Å². The summed E-state index contributed by atoms with van der Waals surface area (Å²) < 4.78 is 0. The molecule has 2 bridgehead atoms. The Bertz CT molecular complexity index is 937. The van der Waals surface area contributed by atoms with Crippen molar-refractivity contribution < 1.29 is 4.79 Å². The molecule has 4 fully saturated rings. The minimum atomic E-state index is 0.0791. The quantitative estimate of drug-likeness (QED) is 0.811. The van der Waals surface area contributed by atoms with Crippen molar-refractivity contribution in [2.24, 2.45) is 5.92 Å². The molecule has 0 unspecified atom stereocenters. The lowest BCUT2D eigenvalue weighted by Crippen LogP contribution is -2.60. The smallest absolute Gasteiger partial charge is 0.254 e. The van der Waals surface area contributed by atoms with E-state index in [0.29, 0.717) is 29.0 Å². The summed E-state index contributed by atoms with van der Waals surface area (Å²) in [7, 11) is 0. The molecule has 6 rings (SSSR count). The first-order valence-electron chi connectivity index (χ1n) is 10.3. The molecule has 2 aromatic carbocycles. The molecule has 28 heavy (non-hydrogen) atoms. The highest BCUT2D eigenvalue weighted by Gasteiger charge is 2.54. The number of piperidine rings is 3. The van der Waals surface area contributed by atoms with Crippen LogP contribution >= 0.6 is 0 Å². The summed E-state index contributed by atoms with van der Waals surface area (Å²) in [4.78, 5) is 18.2. The van der Waals surface area contributed by atoms with Crippen molar-refractivity contribution in [3.05, 3.63) is 70.8 Å². The highest BCUT2D eigenvalue weighted by atomic mass is 16.2. The van der Waals surface area contributed by atoms with Crippen LogP contribution in [-0.4, -0.2) is 47.4 Å². The van der Waals surface area contributed by atoms with Crippen molar-refractivity contribution in [2.75, 3.05) is 19.6 Å². The minimum Gasteiger partial charge on any atom is -0.333 e. The van der Waals surface area contributed by atoms with E-state index in [2.05, 4.69) is 47.1 Å². The number of fused-ring (bicyclic) bond motifs is 2. The molecule has 3 atom stereocenters. The second kappa shape index (κ2) is 6.76. The number of likely N-dealkylation sites (tertiary alicyclic amines) is 1. The molecule has 4 aliphatic heterocycles. The van der Waals surface area contributed by atoms with E-state index in [1.807, 2.05) is 12.1 Å². The number of amides is 1. The third-order valence-corrected chi connectivity index (χ3v) is 7.00. The molecule has 4 aliphatic rings. The third-order valence-electron chi connectivity index (χ3n) is 7.00. The summed E-state index contributed by atoms with van der Waals surface area (Å²) in [5.41, 5.74) is 3.80. The molecular weight excluding hydrogens is 346 g/mol. The van der Waals surface area contributed by atoms with Gasteiger partial charge < -0.3 is 4.90 Å². The average Bonchev–Trinajstić information content (AvgIpc) is 3.17. The predicted molar refractivity (Wildman–Crippen MR) is 108 cm³/mol. The van der Waals surface area contributed by atoms with E-state index in [9.17, 15) is 10.1 Å². The Labute approximate surface area is 166 Å². The van der Waals surface area contributed by atoms with Crippen molar-refractivity contribution in [3.8, 4) is 6.07 Å². The normalized spacial score (nSPS) is 30.7. The first kappa shape index (κ1) is 17.5. The van der Waals surface area contributed by atoms with E-state index >= 15 is 0 Å². The molecule has 4 heterocycles. The van der Waals surface area contributed by atoms with Gasteiger partial charge in [-0.25, -0.2) is 0 Å². The molecule has 4 heteroatoms. The Morgan fingerprint density at radius 1 is 1.07 bits per heavy atom. The van der Waals surface area contributed by atoms with E-state index in [0.717, 1.165) is 19.6 Å². The van der Waals surface area contributed by atoms with Crippen molar-refractivity contribution in [1.82, 2.24) is 9.80 Å². The van der Waals surface area contributed by atoms with Crippen LogP contribution in [-0.2, 0) is 0 Å². The Morgan fingerprint density at radius 2 is 1.82 bits per heavy atom. The van der Waals surface area contributed by atoms with Crippen LogP contribution in [0.2, 0.25) is 0 Å². The van der Waals surface area contributed by atoms with Gasteiger partial charge in [-0.15, -0.1) is 0 Å². The lowest BCUT2D eigenvalue weighted by molar-refractivity contribution is -0.00340.